The minimum atomic E-state index is -3.94. The molecule has 4 fully saturated rings. The Labute approximate surface area is 266 Å². The van der Waals surface area contributed by atoms with E-state index in [2.05, 4.69) is 14.2 Å². The van der Waals surface area contributed by atoms with E-state index in [0.717, 1.165) is 18.6 Å². The van der Waals surface area contributed by atoms with Crippen LogP contribution >= 0.6 is 0 Å². The lowest BCUT2D eigenvalue weighted by molar-refractivity contribution is -0.0717. The first-order chi connectivity index (χ1) is 22.1. The Morgan fingerprint density at radius 1 is 0.723 bits per heavy atom. The van der Waals surface area contributed by atoms with Crippen molar-refractivity contribution in [3.63, 3.8) is 0 Å². The zero-order valence-corrected chi connectivity index (χ0v) is 26.0. The number of amides is 2. The van der Waals surface area contributed by atoms with Crippen molar-refractivity contribution >= 4 is 43.8 Å². The number of halogens is 2. The van der Waals surface area contributed by atoms with Gasteiger partial charge in [-0.05, 0) is 49.9 Å². The van der Waals surface area contributed by atoms with Crippen molar-refractivity contribution < 1.29 is 59.0 Å². The smallest absolute Gasteiger partial charge is 0.349 e. The normalized spacial score (nSPS) is 26.9. The van der Waals surface area contributed by atoms with Crippen LogP contribution in [0.4, 0.5) is 8.78 Å². The lowest BCUT2D eigenvalue weighted by Crippen LogP contribution is -2.68. The summed E-state index contributed by atoms with van der Waals surface area (Å²) in [6, 6.07) is 7.53. The molecule has 4 saturated heterocycles. The van der Waals surface area contributed by atoms with Gasteiger partial charge < -0.3 is 19.9 Å². The molecular weight excluding hydrogens is 670 g/mol. The molecule has 19 heteroatoms. The summed E-state index contributed by atoms with van der Waals surface area (Å²) in [6.07, 6.45) is 1.87. The van der Waals surface area contributed by atoms with E-state index in [4.69, 9.17) is 15.2 Å². The van der Waals surface area contributed by atoms with Crippen molar-refractivity contribution in [1.29, 1.82) is 0 Å². The van der Waals surface area contributed by atoms with Crippen molar-refractivity contribution in [3.8, 4) is 0 Å². The van der Waals surface area contributed by atoms with Crippen LogP contribution in [0.5, 0.6) is 0 Å². The Morgan fingerprint density at radius 3 is 1.74 bits per heavy atom. The molecule has 8 rings (SSSR count). The van der Waals surface area contributed by atoms with Crippen LogP contribution in [0.1, 0.15) is 67.1 Å². The zero-order valence-electron chi connectivity index (χ0n) is 24.4. The lowest BCUT2D eigenvalue weighted by atomic mass is 9.92. The summed E-state index contributed by atoms with van der Waals surface area (Å²) in [7, 11) is -7.22. The molecule has 47 heavy (non-hydrogen) atoms. The number of rotatable bonds is 1. The van der Waals surface area contributed by atoms with Gasteiger partial charge in [-0.15, -0.1) is 0 Å². The fourth-order valence-corrected chi connectivity index (χ4v) is 9.22. The molecule has 2 unspecified atom stereocenters. The SMILES string of the molecule is NC1CCC2(COC2)NS1(=O)=O.O=C1OC(=O)c2c(F)cccc21.O=C1c2cccc(F)c2C(=O)N1C1CCC2(COC2)NS1(=O)=O. The molecule has 6 heterocycles. The second-order valence-corrected chi connectivity index (χ2v) is 15.6. The summed E-state index contributed by atoms with van der Waals surface area (Å²) in [4.78, 5) is 47.1. The van der Waals surface area contributed by atoms with Gasteiger partial charge in [-0.25, -0.2) is 44.6 Å². The van der Waals surface area contributed by atoms with E-state index in [1.165, 1.54) is 24.3 Å². The minimum absolute atomic E-state index is 0.000000000000000444. The summed E-state index contributed by atoms with van der Waals surface area (Å²) < 4.78 is 93.6. The number of fused-ring (bicyclic) bond motifs is 2. The third kappa shape index (κ3) is 5.85. The highest BCUT2D eigenvalue weighted by atomic mass is 32.2. The van der Waals surface area contributed by atoms with Crippen molar-refractivity contribution in [3.05, 3.63) is 70.3 Å². The molecule has 0 radical (unpaired) electrons. The molecule has 0 saturated carbocycles. The lowest BCUT2D eigenvalue weighted by Gasteiger charge is -2.47. The van der Waals surface area contributed by atoms with Crippen LogP contribution in [0.2, 0.25) is 0 Å². The number of carbonyl (C=O) groups is 4. The maximum Gasteiger partial charge on any atom is 0.349 e. The Balaban J connectivity index is 0.000000136. The van der Waals surface area contributed by atoms with Gasteiger partial charge in [0.15, 0.2) is 5.37 Å². The fraction of sp³-hybridized carbons (Fsp3) is 0.429. The van der Waals surface area contributed by atoms with Gasteiger partial charge in [0.25, 0.3) is 11.8 Å². The van der Waals surface area contributed by atoms with Crippen molar-refractivity contribution in [2.24, 2.45) is 5.73 Å². The topological polar surface area (TPSA) is 218 Å². The van der Waals surface area contributed by atoms with E-state index in [0.29, 0.717) is 31.0 Å². The molecule has 0 bridgehead atoms. The highest BCUT2D eigenvalue weighted by Gasteiger charge is 2.54. The Kier molecular flexibility index (Phi) is 8.30. The summed E-state index contributed by atoms with van der Waals surface area (Å²) in [5.74, 6) is -4.92. The number of nitrogens with one attached hydrogen (secondary N) is 2. The Morgan fingerprint density at radius 2 is 1.26 bits per heavy atom. The number of sulfonamides is 2. The molecule has 6 aliphatic heterocycles. The van der Waals surface area contributed by atoms with Gasteiger partial charge in [0.05, 0.1) is 54.2 Å². The van der Waals surface area contributed by atoms with Gasteiger partial charge in [0, 0.05) is 0 Å². The van der Waals surface area contributed by atoms with Gasteiger partial charge >= 0.3 is 11.9 Å². The van der Waals surface area contributed by atoms with Crippen LogP contribution < -0.4 is 15.2 Å². The van der Waals surface area contributed by atoms with E-state index in [1.54, 1.807) is 0 Å². The van der Waals surface area contributed by atoms with E-state index < -0.39 is 71.7 Å². The molecule has 15 nitrogen and oxygen atoms in total. The summed E-state index contributed by atoms with van der Waals surface area (Å²) in [5.41, 5.74) is 3.73. The van der Waals surface area contributed by atoms with Crippen molar-refractivity contribution in [2.45, 2.75) is 47.5 Å². The molecule has 2 spiro atoms. The number of hydrogen-bond donors (Lipinski definition) is 3. The Bertz CT molecular complexity index is 1910. The monoisotopic (exact) mass is 698 g/mol. The molecule has 0 aliphatic carbocycles. The fourth-order valence-electron chi connectivity index (χ4n) is 5.96. The highest BCUT2D eigenvalue weighted by Crippen LogP contribution is 2.36. The molecule has 6 aliphatic rings. The predicted octanol–water partition coefficient (Wildman–Crippen LogP) is 0.120. The summed E-state index contributed by atoms with van der Waals surface area (Å²) in [5, 5.41) is -2.08. The first-order valence-corrected chi connectivity index (χ1v) is 17.4. The predicted molar refractivity (Wildman–Crippen MR) is 154 cm³/mol. The first-order valence-electron chi connectivity index (χ1n) is 14.3. The van der Waals surface area contributed by atoms with Crippen LogP contribution in [0.15, 0.2) is 36.4 Å². The van der Waals surface area contributed by atoms with Crippen molar-refractivity contribution in [1.82, 2.24) is 14.3 Å². The molecule has 2 aromatic rings. The summed E-state index contributed by atoms with van der Waals surface area (Å²) in [6.45, 7) is 1.52. The summed E-state index contributed by atoms with van der Waals surface area (Å²) >= 11 is 0. The third-order valence-corrected chi connectivity index (χ3v) is 12.2. The van der Waals surface area contributed by atoms with Gasteiger partial charge in [-0.3, -0.25) is 14.5 Å². The van der Waals surface area contributed by atoms with E-state index >= 15 is 0 Å². The second kappa shape index (κ2) is 11.8. The molecule has 4 N–H and O–H groups in total. The number of carbonyl (C=O) groups excluding carboxylic acids is 4. The average Bonchev–Trinajstić information content (AvgIpc) is 3.41. The van der Waals surface area contributed by atoms with Crippen LogP contribution in [0.25, 0.3) is 0 Å². The first kappa shape index (κ1) is 33.2. The number of benzene rings is 2. The van der Waals surface area contributed by atoms with Gasteiger partial charge in [-0.2, -0.15) is 0 Å². The number of cyclic esters (lactones) is 2. The molecular formula is C28H28F2N4O11S2. The number of esters is 2. The Hall–Kier alpha value is -3.72. The number of nitrogens with zero attached hydrogens (tertiary/aromatic N) is 1. The van der Waals surface area contributed by atoms with E-state index in [9.17, 15) is 44.8 Å². The minimum Gasteiger partial charge on any atom is -0.386 e. The van der Waals surface area contributed by atoms with Gasteiger partial charge in [0.1, 0.15) is 22.6 Å². The van der Waals surface area contributed by atoms with E-state index in [1.807, 2.05) is 0 Å². The highest BCUT2D eigenvalue weighted by molar-refractivity contribution is 7.90. The number of hydrogen-bond acceptors (Lipinski definition) is 12. The molecule has 2 amide bonds. The number of nitrogens with two attached hydrogens (primary N) is 1. The maximum atomic E-state index is 13.9. The quantitative estimate of drug-likeness (QED) is 0.206. The molecule has 2 atom stereocenters. The van der Waals surface area contributed by atoms with Crippen molar-refractivity contribution in [2.75, 3.05) is 26.4 Å². The molecule has 252 valence electrons. The second-order valence-electron chi connectivity index (χ2n) is 11.9. The van der Waals surface area contributed by atoms with Crippen LogP contribution in [0, 0.1) is 11.6 Å². The average molecular weight is 699 g/mol. The van der Waals surface area contributed by atoms with Crippen LogP contribution in [-0.4, -0.2) is 93.7 Å². The largest absolute Gasteiger partial charge is 0.386 e. The van der Waals surface area contributed by atoms with Gasteiger partial charge in [-0.1, -0.05) is 12.1 Å². The molecule has 2 aromatic carbocycles. The third-order valence-electron chi connectivity index (χ3n) is 8.57. The van der Waals surface area contributed by atoms with Gasteiger partial charge in [0.2, 0.25) is 20.0 Å². The molecule has 0 aromatic heterocycles. The van der Waals surface area contributed by atoms with Crippen LogP contribution in [-0.2, 0) is 34.3 Å². The standard InChI is InChI=1S/C14H13FN2O5S.C8H3FO3.C6H12N2O3S/c15-9-3-1-2-8-11(9)13(19)17(12(8)18)10-4-5-14(6-22-7-14)16-23(10,20)21;9-5-3-1-2-4-6(5)8(11)12-7(4)10;7-5-1-2-6(3-11-4-6)8-12(5,9)10/h1-3,10,16H,4-7H2;1-3H;5,8H,1-4,7H2. The zero-order chi connectivity index (χ0) is 33.9. The number of imide groups is 1. The van der Waals surface area contributed by atoms with E-state index in [-0.39, 0.29) is 47.4 Å². The van der Waals surface area contributed by atoms with Crippen LogP contribution in [0.3, 0.4) is 0 Å². The maximum absolute atomic E-state index is 13.9. The number of ether oxygens (including phenoxy) is 3.